The molecule has 4 heteroatoms. The van der Waals surface area contributed by atoms with Crippen LogP contribution in [-0.4, -0.2) is 59.1 Å². The molecule has 108 valence electrons. The second-order valence-corrected chi connectivity index (χ2v) is 7.01. The molecule has 3 rings (SSSR count). The van der Waals surface area contributed by atoms with E-state index in [1.807, 2.05) is 0 Å². The number of hydrogen-bond donors (Lipinski definition) is 1. The van der Waals surface area contributed by atoms with Gasteiger partial charge in [-0.05, 0) is 38.1 Å². The van der Waals surface area contributed by atoms with Gasteiger partial charge in [0, 0.05) is 31.7 Å². The Bertz CT molecular complexity index is 367. The fourth-order valence-electron chi connectivity index (χ4n) is 3.91. The van der Waals surface area contributed by atoms with Crippen LogP contribution in [0.2, 0.25) is 0 Å². The van der Waals surface area contributed by atoms with E-state index in [-0.39, 0.29) is 5.92 Å². The highest BCUT2D eigenvalue weighted by molar-refractivity contribution is 5.75. The first-order valence-electron chi connectivity index (χ1n) is 7.74. The zero-order valence-corrected chi connectivity index (χ0v) is 12.1. The van der Waals surface area contributed by atoms with Crippen molar-refractivity contribution in [2.24, 2.45) is 11.3 Å². The van der Waals surface area contributed by atoms with Crippen LogP contribution in [0.15, 0.2) is 0 Å². The van der Waals surface area contributed by atoms with Crippen molar-refractivity contribution in [1.82, 2.24) is 9.80 Å². The summed E-state index contributed by atoms with van der Waals surface area (Å²) in [5, 5.41) is 9.61. The van der Waals surface area contributed by atoms with E-state index in [2.05, 4.69) is 23.6 Å². The van der Waals surface area contributed by atoms with Crippen molar-refractivity contribution in [2.45, 2.75) is 51.6 Å². The van der Waals surface area contributed by atoms with Crippen LogP contribution < -0.4 is 0 Å². The molecule has 2 saturated heterocycles. The standard InChI is InChI=1S/C15H26N2O2/c1-11(2)15(14(18)19)6-8-17(10-15)13-5-7-16(9-13)12-3-4-12/h11-13H,3-10H2,1-2H3,(H,18,19). The number of likely N-dealkylation sites (tertiary alicyclic amines) is 2. The Morgan fingerprint density at radius 2 is 1.89 bits per heavy atom. The molecule has 2 heterocycles. The monoisotopic (exact) mass is 266 g/mol. The Labute approximate surface area is 115 Å². The molecule has 0 bridgehead atoms. The van der Waals surface area contributed by atoms with Gasteiger partial charge < -0.3 is 5.11 Å². The van der Waals surface area contributed by atoms with Crippen LogP contribution in [0.3, 0.4) is 0 Å². The van der Waals surface area contributed by atoms with Gasteiger partial charge in [-0.25, -0.2) is 0 Å². The van der Waals surface area contributed by atoms with Gasteiger partial charge in [-0.15, -0.1) is 0 Å². The van der Waals surface area contributed by atoms with Crippen molar-refractivity contribution in [3.05, 3.63) is 0 Å². The molecule has 2 atom stereocenters. The third kappa shape index (κ3) is 2.29. The highest BCUT2D eigenvalue weighted by atomic mass is 16.4. The minimum Gasteiger partial charge on any atom is -0.481 e. The summed E-state index contributed by atoms with van der Waals surface area (Å²) >= 11 is 0. The van der Waals surface area contributed by atoms with Crippen LogP contribution >= 0.6 is 0 Å². The summed E-state index contributed by atoms with van der Waals surface area (Å²) in [4.78, 5) is 16.7. The molecular weight excluding hydrogens is 240 g/mol. The van der Waals surface area contributed by atoms with Gasteiger partial charge in [0.15, 0.2) is 0 Å². The van der Waals surface area contributed by atoms with Crippen LogP contribution in [0.25, 0.3) is 0 Å². The fourth-order valence-corrected chi connectivity index (χ4v) is 3.91. The predicted molar refractivity (Wildman–Crippen MR) is 74.1 cm³/mol. The minimum atomic E-state index is -0.595. The Kier molecular flexibility index (Phi) is 3.34. The summed E-state index contributed by atoms with van der Waals surface area (Å²) in [6, 6.07) is 1.45. The first-order valence-corrected chi connectivity index (χ1v) is 7.74. The van der Waals surface area contributed by atoms with Crippen LogP contribution in [0.5, 0.6) is 0 Å². The average molecular weight is 266 g/mol. The highest BCUT2D eigenvalue weighted by Gasteiger charge is 2.49. The van der Waals surface area contributed by atoms with Gasteiger partial charge in [-0.1, -0.05) is 13.8 Å². The molecule has 1 aliphatic carbocycles. The molecule has 1 N–H and O–H groups in total. The van der Waals surface area contributed by atoms with Gasteiger partial charge in [0.25, 0.3) is 0 Å². The summed E-state index contributed by atoms with van der Waals surface area (Å²) < 4.78 is 0. The maximum Gasteiger partial charge on any atom is 0.311 e. The summed E-state index contributed by atoms with van der Waals surface area (Å²) in [5.41, 5.74) is -0.507. The minimum absolute atomic E-state index is 0.218. The third-order valence-corrected chi connectivity index (χ3v) is 5.64. The normalized spacial score (nSPS) is 37.3. The summed E-state index contributed by atoms with van der Waals surface area (Å²) in [7, 11) is 0. The van der Waals surface area contributed by atoms with Crippen molar-refractivity contribution in [1.29, 1.82) is 0 Å². The first-order chi connectivity index (χ1) is 9.03. The number of rotatable bonds is 4. The molecule has 0 radical (unpaired) electrons. The molecule has 2 aliphatic heterocycles. The summed E-state index contributed by atoms with van der Waals surface area (Å²) in [6.45, 7) is 8.22. The molecule has 2 unspecified atom stereocenters. The fraction of sp³-hybridized carbons (Fsp3) is 0.933. The molecule has 4 nitrogen and oxygen atoms in total. The Hall–Kier alpha value is -0.610. The molecule has 0 spiro atoms. The van der Waals surface area contributed by atoms with Gasteiger partial charge >= 0.3 is 5.97 Å². The van der Waals surface area contributed by atoms with E-state index in [9.17, 15) is 9.90 Å². The zero-order valence-electron chi connectivity index (χ0n) is 12.1. The number of aliphatic carboxylic acids is 1. The molecule has 0 amide bonds. The number of carbonyl (C=O) groups is 1. The van der Waals surface area contributed by atoms with E-state index in [0.717, 1.165) is 25.6 Å². The molecular formula is C15H26N2O2. The number of carboxylic acids is 1. The molecule has 0 aromatic rings. The maximum absolute atomic E-state index is 11.7. The van der Waals surface area contributed by atoms with E-state index in [1.54, 1.807) is 0 Å². The lowest BCUT2D eigenvalue weighted by Crippen LogP contribution is -2.42. The number of carboxylic acid groups (broad SMARTS) is 1. The van der Waals surface area contributed by atoms with E-state index in [1.165, 1.54) is 32.4 Å². The van der Waals surface area contributed by atoms with E-state index >= 15 is 0 Å². The predicted octanol–water partition coefficient (Wildman–Crippen LogP) is 1.66. The van der Waals surface area contributed by atoms with Gasteiger partial charge in [-0.3, -0.25) is 14.6 Å². The number of hydrogen-bond acceptors (Lipinski definition) is 3. The molecule has 3 aliphatic rings. The van der Waals surface area contributed by atoms with Crippen molar-refractivity contribution >= 4 is 5.97 Å². The molecule has 0 aromatic carbocycles. The lowest BCUT2D eigenvalue weighted by molar-refractivity contribution is -0.151. The van der Waals surface area contributed by atoms with Gasteiger partial charge in [0.1, 0.15) is 0 Å². The lowest BCUT2D eigenvalue weighted by atomic mass is 9.76. The first kappa shape index (κ1) is 13.4. The third-order valence-electron chi connectivity index (χ3n) is 5.64. The van der Waals surface area contributed by atoms with Gasteiger partial charge in [0.05, 0.1) is 5.41 Å². The Balaban J connectivity index is 1.63. The smallest absolute Gasteiger partial charge is 0.311 e. The van der Waals surface area contributed by atoms with E-state index in [0.29, 0.717) is 6.04 Å². The molecule has 1 saturated carbocycles. The van der Waals surface area contributed by atoms with Gasteiger partial charge in [0.2, 0.25) is 0 Å². The van der Waals surface area contributed by atoms with Crippen LogP contribution in [0.1, 0.15) is 39.5 Å². The Morgan fingerprint density at radius 1 is 1.16 bits per heavy atom. The second-order valence-electron chi connectivity index (χ2n) is 7.01. The van der Waals surface area contributed by atoms with Crippen LogP contribution in [0.4, 0.5) is 0 Å². The van der Waals surface area contributed by atoms with Crippen molar-refractivity contribution in [2.75, 3.05) is 26.2 Å². The largest absolute Gasteiger partial charge is 0.481 e. The topological polar surface area (TPSA) is 43.8 Å². The molecule has 19 heavy (non-hydrogen) atoms. The number of nitrogens with zero attached hydrogens (tertiary/aromatic N) is 2. The summed E-state index contributed by atoms with van der Waals surface area (Å²) in [5.74, 6) is -0.377. The van der Waals surface area contributed by atoms with Gasteiger partial charge in [-0.2, -0.15) is 0 Å². The second kappa shape index (κ2) is 4.74. The van der Waals surface area contributed by atoms with Crippen molar-refractivity contribution < 1.29 is 9.90 Å². The van der Waals surface area contributed by atoms with E-state index < -0.39 is 11.4 Å². The average Bonchev–Trinajstić information content (AvgIpc) is 2.94. The van der Waals surface area contributed by atoms with Crippen molar-refractivity contribution in [3.63, 3.8) is 0 Å². The highest BCUT2D eigenvalue weighted by Crippen LogP contribution is 2.40. The zero-order chi connectivity index (χ0) is 13.6. The SMILES string of the molecule is CC(C)C1(C(=O)O)CCN(C2CCN(C3CC3)C2)C1. The molecule has 0 aromatic heterocycles. The van der Waals surface area contributed by atoms with E-state index in [4.69, 9.17) is 0 Å². The van der Waals surface area contributed by atoms with Crippen LogP contribution in [-0.2, 0) is 4.79 Å². The quantitative estimate of drug-likeness (QED) is 0.840. The molecule has 3 fully saturated rings. The summed E-state index contributed by atoms with van der Waals surface area (Å²) in [6.07, 6.45) is 4.79. The Morgan fingerprint density at radius 3 is 2.42 bits per heavy atom. The van der Waals surface area contributed by atoms with Crippen LogP contribution in [0, 0.1) is 11.3 Å². The lowest BCUT2D eigenvalue weighted by Gasteiger charge is -2.31. The maximum atomic E-state index is 11.7. The van der Waals surface area contributed by atoms with Crippen molar-refractivity contribution in [3.8, 4) is 0 Å².